The zero-order valence-electron chi connectivity index (χ0n) is 13.5. The molecule has 1 aromatic carbocycles. The molecular formula is C17H18N4O3. The molecule has 1 aliphatic carbocycles. The molecule has 1 fully saturated rings. The van der Waals surface area contributed by atoms with Crippen LogP contribution in [0.3, 0.4) is 0 Å². The maximum Gasteiger partial charge on any atom is 0.247 e. The number of amides is 1. The Hall–Kier alpha value is -2.83. The van der Waals surface area contributed by atoms with Gasteiger partial charge < -0.3 is 19.6 Å². The van der Waals surface area contributed by atoms with E-state index in [9.17, 15) is 4.79 Å². The van der Waals surface area contributed by atoms with Crippen molar-refractivity contribution in [2.24, 2.45) is 0 Å². The van der Waals surface area contributed by atoms with Gasteiger partial charge in [0.25, 0.3) is 0 Å². The summed E-state index contributed by atoms with van der Waals surface area (Å²) in [6.45, 7) is 3.55. The second kappa shape index (κ2) is 5.67. The van der Waals surface area contributed by atoms with Gasteiger partial charge in [0.05, 0.1) is 0 Å². The number of carbonyl (C=O) groups is 1. The molecule has 2 aromatic heterocycles. The minimum absolute atomic E-state index is 0.192. The molecule has 0 unspecified atom stereocenters. The molecule has 1 saturated carbocycles. The van der Waals surface area contributed by atoms with Crippen LogP contribution in [0.1, 0.15) is 37.3 Å². The van der Waals surface area contributed by atoms with Gasteiger partial charge in [-0.2, -0.15) is 0 Å². The molecular weight excluding hydrogens is 308 g/mol. The van der Waals surface area contributed by atoms with Crippen LogP contribution in [0, 0.1) is 6.92 Å². The second-order valence-electron chi connectivity index (χ2n) is 6.19. The number of oxazole rings is 1. The van der Waals surface area contributed by atoms with Gasteiger partial charge in [0, 0.05) is 17.7 Å². The summed E-state index contributed by atoms with van der Waals surface area (Å²) in [6, 6.07) is 6.89. The summed E-state index contributed by atoms with van der Waals surface area (Å²) in [5.41, 5.74) is 2.40. The first-order chi connectivity index (χ1) is 11.6. The fourth-order valence-corrected chi connectivity index (χ4v) is 2.52. The van der Waals surface area contributed by atoms with Crippen LogP contribution in [0.2, 0.25) is 0 Å². The number of benzene rings is 1. The van der Waals surface area contributed by atoms with Crippen LogP contribution in [-0.2, 0) is 4.79 Å². The number of hydrogen-bond acceptors (Lipinski definition) is 6. The summed E-state index contributed by atoms with van der Waals surface area (Å²) in [7, 11) is 0. The molecule has 0 spiro atoms. The van der Waals surface area contributed by atoms with Gasteiger partial charge >= 0.3 is 0 Å². The average Bonchev–Trinajstić information content (AvgIpc) is 3.20. The van der Waals surface area contributed by atoms with Gasteiger partial charge in [0.15, 0.2) is 17.3 Å². The van der Waals surface area contributed by atoms with Gasteiger partial charge in [-0.25, -0.2) is 4.98 Å². The first-order valence-corrected chi connectivity index (χ1v) is 8.00. The van der Waals surface area contributed by atoms with Gasteiger partial charge in [-0.05, 0) is 44.9 Å². The lowest BCUT2D eigenvalue weighted by Gasteiger charge is -2.13. The molecule has 0 saturated heterocycles. The molecule has 24 heavy (non-hydrogen) atoms. The van der Waals surface area contributed by atoms with Gasteiger partial charge in [-0.15, -0.1) is 0 Å². The van der Waals surface area contributed by atoms with Crippen molar-refractivity contribution in [1.29, 1.82) is 0 Å². The van der Waals surface area contributed by atoms with Gasteiger partial charge in [0.2, 0.25) is 5.91 Å². The number of rotatable bonds is 5. The predicted octanol–water partition coefficient (Wildman–Crippen LogP) is 3.44. The Balaban J connectivity index is 1.45. The van der Waals surface area contributed by atoms with Crippen LogP contribution in [-0.4, -0.2) is 22.1 Å². The quantitative estimate of drug-likeness (QED) is 0.746. The standard InChI is InChI=1S/C17H18N4O3/c1-9-7-15(21-24-9)20-16(22)10(2)18-12-5-6-14-13(8-12)19-17(23-14)11-3-4-11/h5-8,10-11,18H,3-4H2,1-2H3,(H,20,21,22)/t10-/m1/s1. The lowest BCUT2D eigenvalue weighted by molar-refractivity contribution is -0.116. The highest BCUT2D eigenvalue weighted by Gasteiger charge is 2.28. The van der Waals surface area contributed by atoms with E-state index >= 15 is 0 Å². The summed E-state index contributed by atoms with van der Waals surface area (Å²) in [5.74, 6) is 2.15. The van der Waals surface area contributed by atoms with Crippen LogP contribution in [0.25, 0.3) is 11.1 Å². The Bertz CT molecular complexity index is 894. The summed E-state index contributed by atoms with van der Waals surface area (Å²) in [5, 5.41) is 9.62. The van der Waals surface area contributed by atoms with Gasteiger partial charge in [-0.3, -0.25) is 4.79 Å². The van der Waals surface area contributed by atoms with Crippen molar-refractivity contribution in [3.8, 4) is 0 Å². The molecule has 4 rings (SSSR count). The lowest BCUT2D eigenvalue weighted by Crippen LogP contribution is -2.31. The number of nitrogens with zero attached hydrogens (tertiary/aromatic N) is 2. The van der Waals surface area contributed by atoms with Gasteiger partial charge in [0.1, 0.15) is 17.3 Å². The van der Waals surface area contributed by atoms with Crippen molar-refractivity contribution in [2.75, 3.05) is 10.6 Å². The zero-order valence-corrected chi connectivity index (χ0v) is 13.5. The Morgan fingerprint density at radius 2 is 2.17 bits per heavy atom. The predicted molar refractivity (Wildman–Crippen MR) is 88.9 cm³/mol. The van der Waals surface area contributed by atoms with E-state index in [-0.39, 0.29) is 5.91 Å². The first kappa shape index (κ1) is 14.7. The molecule has 2 N–H and O–H groups in total. The van der Waals surface area contributed by atoms with Crippen molar-refractivity contribution < 1.29 is 13.7 Å². The molecule has 0 aliphatic heterocycles. The topological polar surface area (TPSA) is 93.2 Å². The number of carbonyl (C=O) groups excluding carboxylic acids is 1. The van der Waals surface area contributed by atoms with Crippen molar-refractivity contribution in [2.45, 2.75) is 38.6 Å². The highest BCUT2D eigenvalue weighted by molar-refractivity contribution is 5.95. The molecule has 0 radical (unpaired) electrons. The maximum absolute atomic E-state index is 12.2. The minimum Gasteiger partial charge on any atom is -0.440 e. The number of hydrogen-bond donors (Lipinski definition) is 2. The van der Waals surface area contributed by atoms with E-state index in [0.29, 0.717) is 17.5 Å². The normalized spacial score (nSPS) is 15.4. The van der Waals surface area contributed by atoms with E-state index in [2.05, 4.69) is 20.8 Å². The molecule has 1 atom stereocenters. The number of aryl methyl sites for hydroxylation is 1. The van der Waals surface area contributed by atoms with Crippen molar-refractivity contribution in [3.05, 3.63) is 35.9 Å². The summed E-state index contributed by atoms with van der Waals surface area (Å²) < 4.78 is 10.7. The van der Waals surface area contributed by atoms with Crippen LogP contribution >= 0.6 is 0 Å². The SMILES string of the molecule is Cc1cc(NC(=O)[C@@H](C)Nc2ccc3oc(C4CC4)nc3c2)no1. The highest BCUT2D eigenvalue weighted by Crippen LogP contribution is 2.40. The van der Waals surface area contributed by atoms with Crippen LogP contribution in [0.4, 0.5) is 11.5 Å². The minimum atomic E-state index is -0.436. The zero-order chi connectivity index (χ0) is 16.7. The first-order valence-electron chi connectivity index (χ1n) is 8.00. The molecule has 124 valence electrons. The third-order valence-electron chi connectivity index (χ3n) is 3.99. The van der Waals surface area contributed by atoms with Crippen molar-refractivity contribution in [3.63, 3.8) is 0 Å². The molecule has 1 amide bonds. The fraction of sp³-hybridized carbons (Fsp3) is 0.353. The van der Waals surface area contributed by atoms with E-state index in [1.165, 1.54) is 0 Å². The molecule has 3 aromatic rings. The Morgan fingerprint density at radius 3 is 2.88 bits per heavy atom. The van der Waals surface area contributed by atoms with E-state index in [1.54, 1.807) is 19.9 Å². The lowest BCUT2D eigenvalue weighted by atomic mass is 10.2. The molecule has 2 heterocycles. The Kier molecular flexibility index (Phi) is 3.48. The van der Waals surface area contributed by atoms with Crippen LogP contribution < -0.4 is 10.6 Å². The van der Waals surface area contributed by atoms with E-state index in [1.807, 2.05) is 18.2 Å². The highest BCUT2D eigenvalue weighted by atomic mass is 16.5. The monoisotopic (exact) mass is 326 g/mol. The Morgan fingerprint density at radius 1 is 1.33 bits per heavy atom. The van der Waals surface area contributed by atoms with Crippen LogP contribution in [0.15, 0.2) is 33.2 Å². The number of nitrogens with one attached hydrogen (secondary N) is 2. The number of fused-ring (bicyclic) bond motifs is 1. The third kappa shape index (κ3) is 2.97. The van der Waals surface area contributed by atoms with Crippen molar-refractivity contribution in [1.82, 2.24) is 10.1 Å². The summed E-state index contributed by atoms with van der Waals surface area (Å²) >= 11 is 0. The van der Waals surface area contributed by atoms with Crippen LogP contribution in [0.5, 0.6) is 0 Å². The molecule has 7 heteroatoms. The number of aromatic nitrogens is 2. The third-order valence-corrected chi connectivity index (χ3v) is 3.99. The maximum atomic E-state index is 12.2. The largest absolute Gasteiger partial charge is 0.440 e. The second-order valence-corrected chi connectivity index (χ2v) is 6.19. The Labute approximate surface area is 138 Å². The summed E-state index contributed by atoms with van der Waals surface area (Å²) in [6.07, 6.45) is 2.30. The van der Waals surface area contributed by atoms with E-state index < -0.39 is 6.04 Å². The van der Waals surface area contributed by atoms with E-state index in [0.717, 1.165) is 35.5 Å². The fourth-order valence-electron chi connectivity index (χ4n) is 2.52. The molecule has 0 bridgehead atoms. The van der Waals surface area contributed by atoms with E-state index in [4.69, 9.17) is 8.94 Å². The smallest absolute Gasteiger partial charge is 0.247 e. The average molecular weight is 326 g/mol. The molecule has 7 nitrogen and oxygen atoms in total. The molecule has 1 aliphatic rings. The van der Waals surface area contributed by atoms with Crippen molar-refractivity contribution >= 4 is 28.5 Å². The van der Waals surface area contributed by atoms with Gasteiger partial charge in [-0.1, -0.05) is 5.16 Å². The number of anilines is 2. The summed E-state index contributed by atoms with van der Waals surface area (Å²) in [4.78, 5) is 16.7.